The number of halogens is 1. The van der Waals surface area contributed by atoms with E-state index in [1.165, 1.54) is 10.5 Å². The summed E-state index contributed by atoms with van der Waals surface area (Å²) >= 11 is 3.38. The Morgan fingerprint density at radius 1 is 1.32 bits per heavy atom. The van der Waals surface area contributed by atoms with Gasteiger partial charge in [0.1, 0.15) is 10.6 Å². The maximum atomic E-state index is 12.6. The van der Waals surface area contributed by atoms with E-state index in [9.17, 15) is 13.2 Å². The minimum atomic E-state index is -3.51. The van der Waals surface area contributed by atoms with Gasteiger partial charge in [-0.3, -0.25) is 9.78 Å². The molecule has 0 bridgehead atoms. The third-order valence-electron chi connectivity index (χ3n) is 4.82. The summed E-state index contributed by atoms with van der Waals surface area (Å²) in [6, 6.07) is 8.41. The van der Waals surface area contributed by atoms with Gasteiger partial charge in [0.25, 0.3) is 5.91 Å². The number of carbonyl (C=O) groups is 1. The number of piperidine rings is 1. The molecule has 150 valence electrons. The third-order valence-corrected chi connectivity index (χ3v) is 7.39. The summed E-state index contributed by atoms with van der Waals surface area (Å²) in [7, 11) is -1.96. The van der Waals surface area contributed by atoms with E-state index in [4.69, 9.17) is 4.74 Å². The molecule has 1 aromatic carbocycles. The van der Waals surface area contributed by atoms with Crippen LogP contribution in [-0.2, 0) is 10.0 Å². The van der Waals surface area contributed by atoms with Crippen molar-refractivity contribution in [1.82, 2.24) is 14.6 Å². The van der Waals surface area contributed by atoms with Gasteiger partial charge in [0.05, 0.1) is 12.7 Å². The number of aromatic nitrogens is 1. The third kappa shape index (κ3) is 4.71. The largest absolute Gasteiger partial charge is 0.497 e. The topological polar surface area (TPSA) is 88.6 Å². The highest BCUT2D eigenvalue weighted by atomic mass is 79.9. The Labute approximate surface area is 173 Å². The Hall–Kier alpha value is -1.97. The van der Waals surface area contributed by atoms with Crippen LogP contribution in [0.1, 0.15) is 23.2 Å². The lowest BCUT2D eigenvalue weighted by Gasteiger charge is -2.31. The second-order valence-corrected chi connectivity index (χ2v) is 9.38. The van der Waals surface area contributed by atoms with E-state index in [1.54, 1.807) is 43.6 Å². The van der Waals surface area contributed by atoms with E-state index >= 15 is 0 Å². The summed E-state index contributed by atoms with van der Waals surface area (Å²) < 4.78 is 32.6. The van der Waals surface area contributed by atoms with Crippen LogP contribution in [0.2, 0.25) is 0 Å². The van der Waals surface area contributed by atoms with Crippen molar-refractivity contribution in [1.29, 1.82) is 0 Å². The zero-order valence-corrected chi connectivity index (χ0v) is 17.9. The number of hydrogen-bond donors (Lipinski definition) is 1. The number of sulfonamides is 1. The van der Waals surface area contributed by atoms with Gasteiger partial charge in [0, 0.05) is 36.5 Å². The van der Waals surface area contributed by atoms with Gasteiger partial charge in [-0.1, -0.05) is 0 Å². The number of nitrogens with zero attached hydrogens (tertiary/aromatic N) is 2. The molecule has 1 fully saturated rings. The van der Waals surface area contributed by atoms with Crippen molar-refractivity contribution in [3.8, 4) is 5.75 Å². The predicted octanol–water partition coefficient (Wildman–Crippen LogP) is 2.68. The van der Waals surface area contributed by atoms with Crippen molar-refractivity contribution in [2.24, 2.45) is 5.92 Å². The normalized spacial score (nSPS) is 15.9. The maximum Gasteiger partial charge on any atom is 0.252 e. The van der Waals surface area contributed by atoms with Gasteiger partial charge in [0.2, 0.25) is 10.0 Å². The molecule has 1 aromatic heterocycles. The molecule has 1 aliphatic heterocycles. The van der Waals surface area contributed by atoms with Crippen LogP contribution in [0.5, 0.6) is 5.75 Å². The Morgan fingerprint density at radius 2 is 2.07 bits per heavy atom. The standard InChI is InChI=1S/C19H22BrN3O4S/c1-27-15-4-5-18(20)17(11-15)19(24)22-12-14-6-9-23(10-7-14)28(25,26)16-3-2-8-21-13-16/h2-5,8,11,13-14H,6-7,9-10,12H2,1H3,(H,22,24). The van der Waals surface area contributed by atoms with Crippen LogP contribution in [0.15, 0.2) is 52.1 Å². The van der Waals surface area contributed by atoms with Crippen LogP contribution < -0.4 is 10.1 Å². The van der Waals surface area contributed by atoms with Crippen molar-refractivity contribution in [2.75, 3.05) is 26.7 Å². The SMILES string of the molecule is COc1ccc(Br)c(C(=O)NCC2CCN(S(=O)(=O)c3cccnc3)CC2)c1. The summed E-state index contributed by atoms with van der Waals surface area (Å²) in [6.45, 7) is 1.37. The van der Waals surface area contributed by atoms with E-state index in [-0.39, 0.29) is 16.7 Å². The molecule has 0 aliphatic carbocycles. The van der Waals surface area contributed by atoms with Crippen LogP contribution in [0.25, 0.3) is 0 Å². The monoisotopic (exact) mass is 467 g/mol. The second-order valence-electron chi connectivity index (χ2n) is 6.59. The molecule has 9 heteroatoms. The summed E-state index contributed by atoms with van der Waals surface area (Å²) in [5, 5.41) is 2.94. The molecular weight excluding hydrogens is 446 g/mol. The molecule has 1 saturated heterocycles. The highest BCUT2D eigenvalue weighted by Crippen LogP contribution is 2.24. The molecule has 0 saturated carbocycles. The number of pyridine rings is 1. The molecule has 1 amide bonds. The number of carbonyl (C=O) groups excluding carboxylic acids is 1. The predicted molar refractivity (Wildman–Crippen MR) is 109 cm³/mol. The first kappa shape index (κ1) is 20.8. The van der Waals surface area contributed by atoms with Gasteiger partial charge in [0.15, 0.2) is 0 Å². The summed E-state index contributed by atoms with van der Waals surface area (Å²) in [5.41, 5.74) is 0.510. The molecule has 1 N–H and O–H groups in total. The van der Waals surface area contributed by atoms with Crippen LogP contribution in [0, 0.1) is 5.92 Å². The molecule has 0 spiro atoms. The molecule has 0 unspecified atom stereocenters. The molecule has 2 heterocycles. The first-order valence-corrected chi connectivity index (χ1v) is 11.2. The van der Waals surface area contributed by atoms with Gasteiger partial charge in [-0.05, 0) is 65.0 Å². The number of ether oxygens (including phenoxy) is 1. The van der Waals surface area contributed by atoms with Crippen LogP contribution in [0.4, 0.5) is 0 Å². The molecule has 7 nitrogen and oxygen atoms in total. The summed E-state index contributed by atoms with van der Waals surface area (Å²) in [6.07, 6.45) is 4.31. The zero-order chi connectivity index (χ0) is 20.1. The van der Waals surface area contributed by atoms with E-state index in [1.807, 2.05) is 0 Å². The highest BCUT2D eigenvalue weighted by Gasteiger charge is 2.29. The first-order chi connectivity index (χ1) is 13.4. The van der Waals surface area contributed by atoms with Crippen LogP contribution in [0.3, 0.4) is 0 Å². The van der Waals surface area contributed by atoms with Crippen molar-refractivity contribution in [3.05, 3.63) is 52.8 Å². The quantitative estimate of drug-likeness (QED) is 0.705. The van der Waals surface area contributed by atoms with Crippen LogP contribution in [-0.4, -0.2) is 50.4 Å². The number of methoxy groups -OCH3 is 1. The fourth-order valence-corrected chi connectivity index (χ4v) is 5.00. The minimum Gasteiger partial charge on any atom is -0.497 e. The number of benzene rings is 1. The van der Waals surface area contributed by atoms with Gasteiger partial charge in [-0.25, -0.2) is 8.42 Å². The van der Waals surface area contributed by atoms with Crippen molar-refractivity contribution < 1.29 is 17.9 Å². The first-order valence-electron chi connectivity index (χ1n) is 8.93. The summed E-state index contributed by atoms with van der Waals surface area (Å²) in [5.74, 6) is 0.659. The molecule has 3 rings (SSSR count). The number of amides is 1. The van der Waals surface area contributed by atoms with E-state index in [0.29, 0.717) is 48.3 Å². The molecule has 0 atom stereocenters. The second kappa shape index (κ2) is 9.02. The fourth-order valence-electron chi connectivity index (χ4n) is 3.14. The molecule has 1 aliphatic rings. The Kier molecular flexibility index (Phi) is 6.69. The maximum absolute atomic E-state index is 12.6. The zero-order valence-electron chi connectivity index (χ0n) is 15.5. The van der Waals surface area contributed by atoms with Crippen LogP contribution >= 0.6 is 15.9 Å². The lowest BCUT2D eigenvalue weighted by atomic mass is 9.98. The Bertz CT molecular complexity index is 929. The lowest BCUT2D eigenvalue weighted by Crippen LogP contribution is -2.41. The van der Waals surface area contributed by atoms with Gasteiger partial charge in [-0.15, -0.1) is 0 Å². The number of hydrogen-bond acceptors (Lipinski definition) is 5. The number of rotatable bonds is 6. The van der Waals surface area contributed by atoms with Gasteiger partial charge in [-0.2, -0.15) is 4.31 Å². The van der Waals surface area contributed by atoms with E-state index in [0.717, 1.165) is 0 Å². The molecule has 0 radical (unpaired) electrons. The number of nitrogens with one attached hydrogen (secondary N) is 1. The molecule has 28 heavy (non-hydrogen) atoms. The van der Waals surface area contributed by atoms with Crippen molar-refractivity contribution in [2.45, 2.75) is 17.7 Å². The fraction of sp³-hybridized carbons (Fsp3) is 0.368. The Morgan fingerprint density at radius 3 is 2.71 bits per heavy atom. The lowest BCUT2D eigenvalue weighted by molar-refractivity contribution is 0.0940. The van der Waals surface area contributed by atoms with Gasteiger partial charge < -0.3 is 10.1 Å². The molecule has 2 aromatic rings. The average molecular weight is 468 g/mol. The minimum absolute atomic E-state index is 0.184. The average Bonchev–Trinajstić information content (AvgIpc) is 2.73. The van der Waals surface area contributed by atoms with Crippen molar-refractivity contribution >= 4 is 31.9 Å². The van der Waals surface area contributed by atoms with Crippen molar-refractivity contribution in [3.63, 3.8) is 0 Å². The molecular formula is C19H22BrN3O4S. The smallest absolute Gasteiger partial charge is 0.252 e. The summed E-state index contributed by atoms with van der Waals surface area (Å²) in [4.78, 5) is 16.6. The Balaban J connectivity index is 1.54. The van der Waals surface area contributed by atoms with E-state index < -0.39 is 10.0 Å². The highest BCUT2D eigenvalue weighted by molar-refractivity contribution is 9.10. The van der Waals surface area contributed by atoms with Gasteiger partial charge >= 0.3 is 0 Å². The van der Waals surface area contributed by atoms with E-state index in [2.05, 4.69) is 26.2 Å².